The van der Waals surface area contributed by atoms with E-state index < -0.39 is 0 Å². The molecular formula is C7H18O2Si. The highest BCUT2D eigenvalue weighted by Crippen LogP contribution is 2.21. The van der Waals surface area contributed by atoms with Crippen LogP contribution in [-0.4, -0.2) is 30.2 Å². The van der Waals surface area contributed by atoms with Gasteiger partial charge in [0.15, 0.2) is 5.79 Å². The van der Waals surface area contributed by atoms with Gasteiger partial charge in [0.1, 0.15) is 0 Å². The number of methoxy groups -OCH3 is 2. The molecule has 0 atom stereocenters. The van der Waals surface area contributed by atoms with E-state index in [9.17, 15) is 0 Å². The smallest absolute Gasteiger partial charge is 0.164 e. The Kier molecular flexibility index (Phi) is 4.94. The van der Waals surface area contributed by atoms with E-state index in [-0.39, 0.29) is 5.79 Å². The Morgan fingerprint density at radius 3 is 1.90 bits per heavy atom. The zero-order chi connectivity index (χ0) is 8.04. The van der Waals surface area contributed by atoms with Gasteiger partial charge in [-0.25, -0.2) is 0 Å². The van der Waals surface area contributed by atoms with Gasteiger partial charge < -0.3 is 9.47 Å². The average molecular weight is 162 g/mol. The van der Waals surface area contributed by atoms with Gasteiger partial charge in [0.05, 0.1) is 0 Å². The van der Waals surface area contributed by atoms with Gasteiger partial charge in [-0.2, -0.15) is 0 Å². The molecule has 62 valence electrons. The molecule has 0 aliphatic heterocycles. The fraction of sp³-hybridized carbons (Fsp3) is 1.00. The molecule has 3 heteroatoms. The van der Waals surface area contributed by atoms with E-state index in [0.29, 0.717) is 0 Å². The number of rotatable bonds is 5. The highest BCUT2D eigenvalue weighted by Gasteiger charge is 2.24. The maximum Gasteiger partial charge on any atom is 0.164 e. The predicted molar refractivity (Wildman–Crippen MR) is 46.4 cm³/mol. The Bertz CT molecular complexity index is 73.4. The zero-order valence-corrected chi connectivity index (χ0v) is 9.44. The van der Waals surface area contributed by atoms with Crippen molar-refractivity contribution in [3.63, 3.8) is 0 Å². The molecule has 0 aliphatic carbocycles. The highest BCUT2D eigenvalue weighted by molar-refractivity contribution is 6.09. The maximum absolute atomic E-state index is 5.29. The number of ether oxygens (including phenoxy) is 2. The van der Waals surface area contributed by atoms with Gasteiger partial charge in [-0.3, -0.25) is 0 Å². The Balaban J connectivity index is 3.87. The Morgan fingerprint density at radius 2 is 1.80 bits per heavy atom. The molecule has 0 aromatic heterocycles. The summed E-state index contributed by atoms with van der Waals surface area (Å²) in [4.78, 5) is 0. The van der Waals surface area contributed by atoms with Crippen molar-refractivity contribution in [2.75, 3.05) is 14.2 Å². The summed E-state index contributed by atoms with van der Waals surface area (Å²) in [6.45, 7) is 2.14. The van der Waals surface area contributed by atoms with E-state index in [1.165, 1.54) is 0 Å². The number of hydrogen-bond acceptors (Lipinski definition) is 2. The zero-order valence-electron chi connectivity index (χ0n) is 7.44. The third-order valence-corrected chi connectivity index (χ3v) is 2.99. The Hall–Kier alpha value is 0.137. The van der Waals surface area contributed by atoms with Crippen molar-refractivity contribution in [1.29, 1.82) is 0 Å². The molecule has 0 spiro atoms. The summed E-state index contributed by atoms with van der Waals surface area (Å²) in [5.74, 6) is -0.263. The topological polar surface area (TPSA) is 18.5 Å². The van der Waals surface area contributed by atoms with Gasteiger partial charge in [0.25, 0.3) is 0 Å². The second kappa shape index (κ2) is 4.88. The van der Waals surface area contributed by atoms with Crippen LogP contribution in [0.3, 0.4) is 0 Å². The van der Waals surface area contributed by atoms with Crippen LogP contribution in [0.2, 0.25) is 6.04 Å². The number of hydrogen-bond donors (Lipinski definition) is 0. The van der Waals surface area contributed by atoms with Crippen molar-refractivity contribution in [2.45, 2.75) is 31.6 Å². The van der Waals surface area contributed by atoms with E-state index in [1.807, 2.05) is 0 Å². The Morgan fingerprint density at radius 1 is 1.30 bits per heavy atom. The van der Waals surface area contributed by atoms with Crippen LogP contribution in [0.25, 0.3) is 0 Å². The first-order valence-electron chi connectivity index (χ1n) is 3.85. The summed E-state index contributed by atoms with van der Waals surface area (Å²) < 4.78 is 10.6. The molecule has 0 rings (SSSR count). The summed E-state index contributed by atoms with van der Waals surface area (Å²) in [5.41, 5.74) is 0. The predicted octanol–water partition coefficient (Wildman–Crippen LogP) is 0.559. The largest absolute Gasteiger partial charge is 0.354 e. The second-order valence-corrected chi connectivity index (χ2v) is 3.13. The lowest BCUT2D eigenvalue weighted by molar-refractivity contribution is -0.196. The molecule has 0 unspecified atom stereocenters. The van der Waals surface area contributed by atoms with E-state index in [1.54, 1.807) is 14.2 Å². The standard InChI is InChI=1S/C7H18O2Si/c1-4-5-7(6-10,8-2)9-3/h4-6H2,1-3,10H3. The first-order valence-corrected chi connectivity index (χ1v) is 5.26. The molecule has 0 N–H and O–H groups in total. The summed E-state index contributed by atoms with van der Waals surface area (Å²) in [5, 5.41) is 0. The minimum absolute atomic E-state index is 0.263. The molecule has 0 bridgehead atoms. The molecule has 0 aromatic rings. The quantitative estimate of drug-likeness (QED) is 0.434. The van der Waals surface area contributed by atoms with E-state index in [0.717, 1.165) is 29.1 Å². The molecule has 0 radical (unpaired) electrons. The van der Waals surface area contributed by atoms with Crippen LogP contribution >= 0.6 is 0 Å². The highest BCUT2D eigenvalue weighted by atomic mass is 28.1. The van der Waals surface area contributed by atoms with Crippen molar-refractivity contribution in [3.05, 3.63) is 0 Å². The lowest BCUT2D eigenvalue weighted by Gasteiger charge is -2.29. The van der Waals surface area contributed by atoms with Gasteiger partial charge in [0.2, 0.25) is 0 Å². The fourth-order valence-electron chi connectivity index (χ4n) is 1.13. The van der Waals surface area contributed by atoms with Crippen LogP contribution in [0.4, 0.5) is 0 Å². The molecule has 0 heterocycles. The van der Waals surface area contributed by atoms with Crippen LogP contribution in [0.15, 0.2) is 0 Å². The van der Waals surface area contributed by atoms with Crippen LogP contribution in [0.1, 0.15) is 19.8 Å². The lowest BCUT2D eigenvalue weighted by Crippen LogP contribution is -2.32. The van der Waals surface area contributed by atoms with Gasteiger partial charge in [-0.1, -0.05) is 13.3 Å². The average Bonchev–Trinajstić information content (AvgIpc) is 2.01. The molecule has 2 nitrogen and oxygen atoms in total. The minimum Gasteiger partial charge on any atom is -0.354 e. The fourth-order valence-corrected chi connectivity index (χ4v) is 2.06. The first kappa shape index (κ1) is 10.1. The summed E-state index contributed by atoms with van der Waals surface area (Å²) in [6.07, 6.45) is 2.12. The second-order valence-electron chi connectivity index (χ2n) is 2.42. The van der Waals surface area contributed by atoms with Gasteiger partial charge in [-0.05, 0) is 6.04 Å². The molecule has 0 amide bonds. The van der Waals surface area contributed by atoms with Crippen LogP contribution in [0, 0.1) is 0 Å². The van der Waals surface area contributed by atoms with Crippen molar-refractivity contribution in [3.8, 4) is 0 Å². The summed E-state index contributed by atoms with van der Waals surface area (Å²) in [7, 11) is 4.57. The van der Waals surface area contributed by atoms with E-state index in [4.69, 9.17) is 9.47 Å². The third-order valence-electron chi connectivity index (χ3n) is 1.91. The Labute approximate surface area is 66.3 Å². The monoisotopic (exact) mass is 162 g/mol. The molecule has 0 saturated carbocycles. The van der Waals surface area contributed by atoms with Crippen molar-refractivity contribution in [1.82, 2.24) is 0 Å². The van der Waals surface area contributed by atoms with Crippen LogP contribution in [0.5, 0.6) is 0 Å². The van der Waals surface area contributed by atoms with Crippen LogP contribution < -0.4 is 0 Å². The molecule has 0 fully saturated rings. The molecular weight excluding hydrogens is 144 g/mol. The molecule has 0 aromatic carbocycles. The van der Waals surface area contributed by atoms with Crippen molar-refractivity contribution < 1.29 is 9.47 Å². The van der Waals surface area contributed by atoms with Gasteiger partial charge in [-0.15, -0.1) is 0 Å². The molecule has 0 aliphatic rings. The SMILES string of the molecule is CCCC(C[SiH3])(OC)OC. The van der Waals surface area contributed by atoms with Crippen molar-refractivity contribution >= 4 is 10.2 Å². The van der Waals surface area contributed by atoms with E-state index >= 15 is 0 Å². The minimum atomic E-state index is -0.263. The molecule has 0 saturated heterocycles. The third kappa shape index (κ3) is 2.40. The normalized spacial score (nSPS) is 12.3. The van der Waals surface area contributed by atoms with Crippen molar-refractivity contribution in [2.24, 2.45) is 0 Å². The summed E-state index contributed by atoms with van der Waals surface area (Å²) in [6, 6.07) is 1.05. The van der Waals surface area contributed by atoms with Gasteiger partial charge in [0, 0.05) is 30.9 Å². The lowest BCUT2D eigenvalue weighted by atomic mass is 10.2. The maximum atomic E-state index is 5.29. The van der Waals surface area contributed by atoms with Crippen LogP contribution in [-0.2, 0) is 9.47 Å². The first-order chi connectivity index (χ1) is 4.74. The van der Waals surface area contributed by atoms with E-state index in [2.05, 4.69) is 6.92 Å². The molecule has 10 heavy (non-hydrogen) atoms. The van der Waals surface area contributed by atoms with Gasteiger partial charge >= 0.3 is 0 Å². The summed E-state index contributed by atoms with van der Waals surface area (Å²) >= 11 is 0.